The average Bonchev–Trinajstić information content (AvgIpc) is 2.99. The van der Waals surface area contributed by atoms with Gasteiger partial charge in [-0.3, -0.25) is 9.69 Å². The van der Waals surface area contributed by atoms with Gasteiger partial charge < -0.3 is 4.90 Å². The Morgan fingerprint density at radius 3 is 2.54 bits per heavy atom. The van der Waals surface area contributed by atoms with Crippen LogP contribution in [0.5, 0.6) is 0 Å². The van der Waals surface area contributed by atoms with E-state index in [1.54, 1.807) is 12.1 Å². The largest absolute Gasteiger partial charge is 0.340 e. The van der Waals surface area contributed by atoms with Gasteiger partial charge in [-0.15, -0.1) is 5.10 Å². The van der Waals surface area contributed by atoms with Crippen LogP contribution < -0.4 is 0 Å². The predicted octanol–water partition coefficient (Wildman–Crippen LogP) is -0.189. The van der Waals surface area contributed by atoms with E-state index in [0.29, 0.717) is 18.0 Å². The number of hydrogen-bond donors (Lipinski definition) is 0. The Hall–Kier alpha value is -2.33. The first-order chi connectivity index (χ1) is 12.4. The second-order valence-corrected chi connectivity index (χ2v) is 8.45. The zero-order valence-electron chi connectivity index (χ0n) is 14.7. The maximum absolute atomic E-state index is 12.3. The molecule has 9 nitrogen and oxygen atoms in total. The molecule has 0 aliphatic carbocycles. The summed E-state index contributed by atoms with van der Waals surface area (Å²) in [6.45, 7) is 3.92. The van der Waals surface area contributed by atoms with E-state index >= 15 is 0 Å². The number of rotatable bonds is 5. The van der Waals surface area contributed by atoms with Crippen LogP contribution in [0.3, 0.4) is 0 Å². The molecule has 0 N–H and O–H groups in total. The average molecular weight is 378 g/mol. The first-order valence-electron chi connectivity index (χ1n) is 8.42. The van der Waals surface area contributed by atoms with Crippen LogP contribution in [-0.4, -0.2) is 76.8 Å². The molecule has 26 heavy (non-hydrogen) atoms. The predicted molar refractivity (Wildman–Crippen MR) is 93.8 cm³/mol. The van der Waals surface area contributed by atoms with Crippen LogP contribution in [0.2, 0.25) is 0 Å². The molecular weight excluding hydrogens is 356 g/mol. The Labute approximate surface area is 152 Å². The fraction of sp³-hybridized carbons (Fsp3) is 0.500. The van der Waals surface area contributed by atoms with E-state index in [1.807, 2.05) is 17.0 Å². The van der Waals surface area contributed by atoms with Gasteiger partial charge in [-0.25, -0.2) is 13.1 Å². The maximum Gasteiger partial charge on any atom is 0.244 e. The summed E-state index contributed by atoms with van der Waals surface area (Å²) in [5, 5.41) is 10.8. The normalized spacial score (nSPS) is 16.4. The monoisotopic (exact) mass is 378 g/mol. The lowest BCUT2D eigenvalue weighted by Gasteiger charge is -2.22. The molecule has 0 radical (unpaired) electrons. The lowest BCUT2D eigenvalue weighted by Crippen LogP contribution is -2.37. The van der Waals surface area contributed by atoms with Gasteiger partial charge in [-0.2, -0.15) is 0 Å². The number of carbonyl (C=O) groups is 1. The summed E-state index contributed by atoms with van der Waals surface area (Å²) in [5.41, 5.74) is 1.06. The fourth-order valence-corrected chi connectivity index (χ4v) is 3.60. The first-order valence-corrected chi connectivity index (χ1v) is 10.3. The highest BCUT2D eigenvalue weighted by Crippen LogP contribution is 2.13. The molecule has 2 aromatic rings. The molecule has 0 bridgehead atoms. The summed E-state index contributed by atoms with van der Waals surface area (Å²) >= 11 is 0. The third kappa shape index (κ3) is 4.85. The topological polar surface area (TPSA) is 101 Å². The number of carbonyl (C=O) groups excluding carboxylic acids is 1. The van der Waals surface area contributed by atoms with E-state index < -0.39 is 9.84 Å². The maximum atomic E-state index is 12.3. The zero-order valence-corrected chi connectivity index (χ0v) is 15.5. The third-order valence-electron chi connectivity index (χ3n) is 4.39. The van der Waals surface area contributed by atoms with Crippen LogP contribution in [0.15, 0.2) is 35.5 Å². The molecule has 0 unspecified atom stereocenters. The minimum Gasteiger partial charge on any atom is -0.340 e. The molecule has 10 heteroatoms. The molecule has 0 saturated carbocycles. The van der Waals surface area contributed by atoms with Crippen LogP contribution in [0.1, 0.15) is 12.0 Å². The second-order valence-electron chi connectivity index (χ2n) is 6.43. The highest BCUT2D eigenvalue weighted by molar-refractivity contribution is 7.90. The van der Waals surface area contributed by atoms with Crippen molar-refractivity contribution in [2.45, 2.75) is 24.4 Å². The van der Waals surface area contributed by atoms with E-state index in [1.165, 1.54) is 17.3 Å². The Kier molecular flexibility index (Phi) is 5.62. The summed E-state index contributed by atoms with van der Waals surface area (Å²) in [4.78, 5) is 16.8. The van der Waals surface area contributed by atoms with Gasteiger partial charge in [0, 0.05) is 39.0 Å². The van der Waals surface area contributed by atoms with Crippen molar-refractivity contribution in [2.75, 3.05) is 32.4 Å². The number of amides is 1. The number of tetrazole rings is 1. The zero-order chi connectivity index (χ0) is 18.6. The fourth-order valence-electron chi connectivity index (χ4n) is 2.97. The Balaban J connectivity index is 1.54. The molecule has 0 atom stereocenters. The van der Waals surface area contributed by atoms with Crippen molar-refractivity contribution in [2.24, 2.45) is 0 Å². The molecule has 1 saturated heterocycles. The highest BCUT2D eigenvalue weighted by Gasteiger charge is 2.20. The van der Waals surface area contributed by atoms with Crippen molar-refractivity contribution in [1.82, 2.24) is 30.0 Å². The van der Waals surface area contributed by atoms with Crippen LogP contribution >= 0.6 is 0 Å². The second kappa shape index (κ2) is 7.92. The smallest absolute Gasteiger partial charge is 0.244 e. The van der Waals surface area contributed by atoms with Crippen molar-refractivity contribution < 1.29 is 13.2 Å². The number of sulfone groups is 1. The SMILES string of the molecule is CS(=O)(=O)c1ccc(CN2CCCN(C(=O)Cn3cnnn3)CC2)cc1. The van der Waals surface area contributed by atoms with Crippen molar-refractivity contribution in [3.05, 3.63) is 36.2 Å². The molecule has 140 valence electrons. The van der Waals surface area contributed by atoms with Gasteiger partial charge in [0.2, 0.25) is 5.91 Å². The van der Waals surface area contributed by atoms with E-state index in [0.717, 1.165) is 31.6 Å². The molecule has 1 fully saturated rings. The van der Waals surface area contributed by atoms with Crippen molar-refractivity contribution >= 4 is 15.7 Å². The minimum atomic E-state index is -3.17. The quantitative estimate of drug-likeness (QED) is 0.711. The molecule has 1 aromatic heterocycles. The van der Waals surface area contributed by atoms with E-state index in [9.17, 15) is 13.2 Å². The highest BCUT2D eigenvalue weighted by atomic mass is 32.2. The molecule has 1 aromatic carbocycles. The van der Waals surface area contributed by atoms with Crippen LogP contribution in [0.4, 0.5) is 0 Å². The van der Waals surface area contributed by atoms with Gasteiger partial charge >= 0.3 is 0 Å². The van der Waals surface area contributed by atoms with Gasteiger partial charge in [0.15, 0.2) is 9.84 Å². The summed E-state index contributed by atoms with van der Waals surface area (Å²) in [5.74, 6) is 0.0108. The summed E-state index contributed by atoms with van der Waals surface area (Å²) < 4.78 is 24.5. The number of hydrogen-bond acceptors (Lipinski definition) is 7. The first kappa shape index (κ1) is 18.5. The molecule has 1 aliphatic heterocycles. The van der Waals surface area contributed by atoms with Gasteiger partial charge in [-0.05, 0) is 34.5 Å². The molecular formula is C16H22N6O3S. The summed E-state index contributed by atoms with van der Waals surface area (Å²) in [6, 6.07) is 6.98. The van der Waals surface area contributed by atoms with Crippen LogP contribution in [-0.2, 0) is 27.7 Å². The molecule has 1 aliphatic rings. The summed E-state index contributed by atoms with van der Waals surface area (Å²) in [6.07, 6.45) is 3.53. The van der Waals surface area contributed by atoms with Crippen molar-refractivity contribution in [3.63, 3.8) is 0 Å². The molecule has 2 heterocycles. The lowest BCUT2D eigenvalue weighted by atomic mass is 10.2. The van der Waals surface area contributed by atoms with Gasteiger partial charge in [0.05, 0.1) is 4.90 Å². The lowest BCUT2D eigenvalue weighted by molar-refractivity contribution is -0.131. The van der Waals surface area contributed by atoms with Gasteiger partial charge in [0.1, 0.15) is 12.9 Å². The van der Waals surface area contributed by atoms with Crippen molar-refractivity contribution in [3.8, 4) is 0 Å². The number of benzene rings is 1. The third-order valence-corrected chi connectivity index (χ3v) is 5.52. The van der Waals surface area contributed by atoms with Crippen LogP contribution in [0, 0.1) is 0 Å². The number of nitrogens with zero attached hydrogens (tertiary/aromatic N) is 6. The molecule has 3 rings (SSSR count). The summed E-state index contributed by atoms with van der Waals surface area (Å²) in [7, 11) is -3.17. The van der Waals surface area contributed by atoms with Crippen LogP contribution in [0.25, 0.3) is 0 Å². The molecule has 0 spiro atoms. The van der Waals surface area contributed by atoms with E-state index in [4.69, 9.17) is 0 Å². The Morgan fingerprint density at radius 2 is 1.88 bits per heavy atom. The molecule has 1 amide bonds. The standard InChI is InChI=1S/C16H22N6O3S/c1-26(24,25)15-5-3-14(4-6-15)11-20-7-2-8-21(10-9-20)16(23)12-22-13-17-18-19-22/h3-6,13H,2,7-12H2,1H3. The Bertz CT molecular complexity index is 835. The van der Waals surface area contributed by atoms with Gasteiger partial charge in [-0.1, -0.05) is 12.1 Å². The van der Waals surface area contributed by atoms with E-state index in [2.05, 4.69) is 20.4 Å². The van der Waals surface area contributed by atoms with E-state index in [-0.39, 0.29) is 12.5 Å². The van der Waals surface area contributed by atoms with Crippen molar-refractivity contribution in [1.29, 1.82) is 0 Å². The number of aromatic nitrogens is 4. The minimum absolute atomic E-state index is 0.0108. The van der Waals surface area contributed by atoms with Gasteiger partial charge in [0.25, 0.3) is 0 Å². The Morgan fingerprint density at radius 1 is 1.12 bits per heavy atom.